The number of amides is 1. The zero-order valence-corrected chi connectivity index (χ0v) is 13.2. The van der Waals surface area contributed by atoms with Crippen LogP contribution in [0.25, 0.3) is 0 Å². The molecule has 0 aliphatic carbocycles. The topological polar surface area (TPSA) is 95.2 Å². The Kier molecular flexibility index (Phi) is 5.00. The lowest BCUT2D eigenvalue weighted by molar-refractivity contribution is -0.119. The molecule has 21 heavy (non-hydrogen) atoms. The SMILES string of the molecule is CCc1ncc(S(=O)(=O)N2CCC(CNC(C)=O)CC2)[nH]1. The van der Waals surface area contributed by atoms with Gasteiger partial charge in [0.25, 0.3) is 10.0 Å². The number of aromatic nitrogens is 2. The van der Waals surface area contributed by atoms with E-state index in [1.165, 1.54) is 17.4 Å². The molecule has 8 heteroatoms. The van der Waals surface area contributed by atoms with E-state index in [-0.39, 0.29) is 10.9 Å². The lowest BCUT2D eigenvalue weighted by Crippen LogP contribution is -2.41. The summed E-state index contributed by atoms with van der Waals surface area (Å²) in [6.45, 7) is 4.99. The molecule has 1 aromatic rings. The molecule has 0 aromatic carbocycles. The van der Waals surface area contributed by atoms with Crippen LogP contribution in [0.5, 0.6) is 0 Å². The van der Waals surface area contributed by atoms with Gasteiger partial charge in [0, 0.05) is 33.0 Å². The Balaban J connectivity index is 1.96. The van der Waals surface area contributed by atoms with E-state index in [1.807, 2.05) is 6.92 Å². The molecule has 1 aliphatic heterocycles. The third-order valence-corrected chi connectivity index (χ3v) is 5.58. The van der Waals surface area contributed by atoms with E-state index in [9.17, 15) is 13.2 Å². The highest BCUT2D eigenvalue weighted by Crippen LogP contribution is 2.22. The van der Waals surface area contributed by atoms with Crippen molar-refractivity contribution >= 4 is 15.9 Å². The number of rotatable bonds is 5. The summed E-state index contributed by atoms with van der Waals surface area (Å²) in [7, 11) is -3.48. The number of carbonyl (C=O) groups excluding carboxylic acids is 1. The fourth-order valence-corrected chi connectivity index (χ4v) is 3.84. The van der Waals surface area contributed by atoms with Gasteiger partial charge in [0.1, 0.15) is 5.82 Å². The molecule has 0 unspecified atom stereocenters. The molecule has 1 fully saturated rings. The lowest BCUT2D eigenvalue weighted by atomic mass is 9.98. The molecule has 2 heterocycles. The van der Waals surface area contributed by atoms with Crippen LogP contribution in [-0.2, 0) is 21.2 Å². The minimum absolute atomic E-state index is 0.0467. The monoisotopic (exact) mass is 314 g/mol. The maximum Gasteiger partial charge on any atom is 0.260 e. The Labute approximate surface area is 125 Å². The highest BCUT2D eigenvalue weighted by atomic mass is 32.2. The van der Waals surface area contributed by atoms with E-state index >= 15 is 0 Å². The van der Waals surface area contributed by atoms with Crippen molar-refractivity contribution in [2.24, 2.45) is 5.92 Å². The first-order valence-electron chi connectivity index (χ1n) is 7.22. The summed E-state index contributed by atoms with van der Waals surface area (Å²) < 4.78 is 26.4. The van der Waals surface area contributed by atoms with Crippen molar-refractivity contribution in [3.05, 3.63) is 12.0 Å². The number of imidazole rings is 1. The van der Waals surface area contributed by atoms with Crippen LogP contribution in [0.15, 0.2) is 11.2 Å². The maximum absolute atomic E-state index is 12.5. The van der Waals surface area contributed by atoms with Gasteiger partial charge in [-0.15, -0.1) is 0 Å². The second-order valence-corrected chi connectivity index (χ2v) is 7.24. The summed E-state index contributed by atoms with van der Waals surface area (Å²) in [5.74, 6) is 0.969. The van der Waals surface area contributed by atoms with Crippen molar-refractivity contribution in [3.63, 3.8) is 0 Å². The van der Waals surface area contributed by atoms with E-state index in [0.717, 1.165) is 12.8 Å². The van der Waals surface area contributed by atoms with Crippen molar-refractivity contribution in [1.29, 1.82) is 0 Å². The molecule has 7 nitrogen and oxygen atoms in total. The Morgan fingerprint density at radius 3 is 2.67 bits per heavy atom. The zero-order valence-electron chi connectivity index (χ0n) is 12.4. The average molecular weight is 314 g/mol. The van der Waals surface area contributed by atoms with Crippen LogP contribution < -0.4 is 5.32 Å². The molecule has 0 radical (unpaired) electrons. The molecular weight excluding hydrogens is 292 g/mol. The number of nitrogens with zero attached hydrogens (tertiary/aromatic N) is 2. The second-order valence-electron chi connectivity index (χ2n) is 5.33. The highest BCUT2D eigenvalue weighted by molar-refractivity contribution is 7.89. The van der Waals surface area contributed by atoms with Gasteiger partial charge in [0.15, 0.2) is 5.03 Å². The summed E-state index contributed by atoms with van der Waals surface area (Å²) in [6.07, 6.45) is 3.58. The molecule has 2 N–H and O–H groups in total. The number of H-pyrrole nitrogens is 1. The van der Waals surface area contributed by atoms with Crippen molar-refractivity contribution in [2.75, 3.05) is 19.6 Å². The fourth-order valence-electron chi connectivity index (χ4n) is 2.43. The van der Waals surface area contributed by atoms with Gasteiger partial charge in [-0.1, -0.05) is 6.92 Å². The lowest BCUT2D eigenvalue weighted by Gasteiger charge is -2.30. The predicted molar refractivity (Wildman–Crippen MR) is 78.1 cm³/mol. The van der Waals surface area contributed by atoms with Gasteiger partial charge in [0.2, 0.25) is 5.91 Å². The normalized spacial score (nSPS) is 17.8. The van der Waals surface area contributed by atoms with Gasteiger partial charge in [-0.05, 0) is 18.8 Å². The van der Waals surface area contributed by atoms with E-state index < -0.39 is 10.0 Å². The molecule has 0 spiro atoms. The summed E-state index contributed by atoms with van der Waals surface area (Å²) in [4.78, 5) is 17.8. The van der Waals surface area contributed by atoms with E-state index in [0.29, 0.717) is 37.8 Å². The number of nitrogens with one attached hydrogen (secondary N) is 2. The number of aromatic amines is 1. The van der Waals surface area contributed by atoms with Gasteiger partial charge >= 0.3 is 0 Å². The highest BCUT2D eigenvalue weighted by Gasteiger charge is 2.30. The molecular formula is C13H22N4O3S. The van der Waals surface area contributed by atoms with Crippen LogP contribution >= 0.6 is 0 Å². The zero-order chi connectivity index (χ0) is 15.5. The first-order valence-corrected chi connectivity index (χ1v) is 8.66. The fraction of sp³-hybridized carbons (Fsp3) is 0.692. The van der Waals surface area contributed by atoms with Crippen molar-refractivity contribution < 1.29 is 13.2 Å². The predicted octanol–water partition coefficient (Wildman–Crippen LogP) is 0.509. The van der Waals surface area contributed by atoms with Crippen LogP contribution in [0.2, 0.25) is 0 Å². The van der Waals surface area contributed by atoms with Gasteiger partial charge < -0.3 is 10.3 Å². The number of hydrogen-bond donors (Lipinski definition) is 2. The van der Waals surface area contributed by atoms with E-state index in [1.54, 1.807) is 0 Å². The molecule has 118 valence electrons. The van der Waals surface area contributed by atoms with Gasteiger partial charge in [-0.25, -0.2) is 13.4 Å². The summed E-state index contributed by atoms with van der Waals surface area (Å²) in [5, 5.41) is 2.95. The van der Waals surface area contributed by atoms with Crippen LogP contribution in [0, 0.1) is 5.92 Å². The van der Waals surface area contributed by atoms with Crippen LogP contribution in [-0.4, -0.2) is 48.2 Å². The quantitative estimate of drug-likeness (QED) is 0.828. The average Bonchev–Trinajstić information content (AvgIpc) is 2.95. The van der Waals surface area contributed by atoms with Gasteiger partial charge in [-0.2, -0.15) is 4.31 Å². The summed E-state index contributed by atoms with van der Waals surface area (Å²) in [5.41, 5.74) is 0. The molecule has 0 bridgehead atoms. The molecule has 0 atom stereocenters. The second kappa shape index (κ2) is 6.57. The van der Waals surface area contributed by atoms with Gasteiger partial charge in [0.05, 0.1) is 6.20 Å². The first kappa shape index (κ1) is 16.0. The molecule has 1 aromatic heterocycles. The number of sulfonamides is 1. The number of carbonyl (C=O) groups is 1. The van der Waals surface area contributed by atoms with E-state index in [4.69, 9.17) is 0 Å². The molecule has 1 aliphatic rings. The van der Waals surface area contributed by atoms with Crippen molar-refractivity contribution in [2.45, 2.75) is 38.1 Å². The van der Waals surface area contributed by atoms with Gasteiger partial charge in [-0.3, -0.25) is 4.79 Å². The smallest absolute Gasteiger partial charge is 0.260 e. The standard InChI is InChI=1S/C13H22N4O3S/c1-3-12-15-9-13(16-12)21(19,20)17-6-4-11(5-7-17)8-14-10(2)18/h9,11H,3-8H2,1-2H3,(H,14,18)(H,15,16). The third-order valence-electron chi connectivity index (χ3n) is 3.77. The van der Waals surface area contributed by atoms with Crippen molar-refractivity contribution in [1.82, 2.24) is 19.6 Å². The Hall–Kier alpha value is -1.41. The molecule has 2 rings (SSSR count). The molecule has 0 saturated carbocycles. The van der Waals surface area contributed by atoms with Crippen LogP contribution in [0.1, 0.15) is 32.5 Å². The Bertz CT molecular complexity index is 588. The Morgan fingerprint density at radius 2 is 2.14 bits per heavy atom. The Morgan fingerprint density at radius 1 is 1.48 bits per heavy atom. The van der Waals surface area contributed by atoms with Crippen LogP contribution in [0.4, 0.5) is 0 Å². The number of piperidine rings is 1. The largest absolute Gasteiger partial charge is 0.356 e. The number of aryl methyl sites for hydroxylation is 1. The van der Waals surface area contributed by atoms with Crippen molar-refractivity contribution in [3.8, 4) is 0 Å². The summed E-state index contributed by atoms with van der Waals surface area (Å²) >= 11 is 0. The first-order chi connectivity index (χ1) is 9.93. The number of hydrogen-bond acceptors (Lipinski definition) is 4. The van der Waals surface area contributed by atoms with Crippen LogP contribution in [0.3, 0.4) is 0 Å². The minimum atomic E-state index is -3.48. The molecule has 1 amide bonds. The minimum Gasteiger partial charge on any atom is -0.356 e. The van der Waals surface area contributed by atoms with E-state index in [2.05, 4.69) is 15.3 Å². The summed E-state index contributed by atoms with van der Waals surface area (Å²) in [6, 6.07) is 0. The molecule has 1 saturated heterocycles. The third kappa shape index (κ3) is 3.82. The maximum atomic E-state index is 12.5.